The van der Waals surface area contributed by atoms with Crippen molar-refractivity contribution in [1.82, 2.24) is 9.55 Å². The van der Waals surface area contributed by atoms with Crippen molar-refractivity contribution in [2.45, 2.75) is 20.1 Å². The van der Waals surface area contributed by atoms with Gasteiger partial charge in [0.25, 0.3) is 5.56 Å². The van der Waals surface area contributed by atoms with Gasteiger partial charge in [0.05, 0.1) is 5.69 Å². The number of hydrogen-bond donors (Lipinski definition) is 1. The van der Waals surface area contributed by atoms with Gasteiger partial charge in [-0.15, -0.1) is 0 Å². The van der Waals surface area contributed by atoms with Crippen LogP contribution in [-0.2, 0) is 22.7 Å². The van der Waals surface area contributed by atoms with Gasteiger partial charge in [-0.2, -0.15) is 0 Å². The number of carbonyl (C=O) groups excluding carboxylic acids is 1. The number of carbonyl (C=O) groups is 1. The SMILES string of the molecule is CCNc1nc(Cl)c(-c2ccccc2)n(CC(=O)OCc2ccccc2)c1=O. The molecule has 6 nitrogen and oxygen atoms in total. The molecule has 0 atom stereocenters. The Labute approximate surface area is 167 Å². The van der Waals surface area contributed by atoms with Crippen molar-refractivity contribution in [2.24, 2.45) is 0 Å². The Balaban J connectivity index is 1.93. The molecule has 28 heavy (non-hydrogen) atoms. The van der Waals surface area contributed by atoms with Crippen molar-refractivity contribution in [3.8, 4) is 11.3 Å². The van der Waals surface area contributed by atoms with E-state index in [1.807, 2.05) is 55.5 Å². The molecule has 0 fully saturated rings. The maximum absolute atomic E-state index is 12.9. The van der Waals surface area contributed by atoms with Crippen molar-refractivity contribution in [2.75, 3.05) is 11.9 Å². The molecule has 0 amide bonds. The second-order valence-electron chi connectivity index (χ2n) is 6.03. The van der Waals surface area contributed by atoms with E-state index in [2.05, 4.69) is 10.3 Å². The smallest absolute Gasteiger partial charge is 0.326 e. The molecule has 0 unspecified atom stereocenters. The van der Waals surface area contributed by atoms with Gasteiger partial charge in [0.15, 0.2) is 11.0 Å². The van der Waals surface area contributed by atoms with Gasteiger partial charge in [-0.3, -0.25) is 14.2 Å². The van der Waals surface area contributed by atoms with E-state index in [1.54, 1.807) is 12.1 Å². The van der Waals surface area contributed by atoms with Crippen LogP contribution in [-0.4, -0.2) is 22.1 Å². The number of esters is 1. The lowest BCUT2D eigenvalue weighted by atomic mass is 10.1. The van der Waals surface area contributed by atoms with Crippen LogP contribution in [0, 0.1) is 0 Å². The Morgan fingerprint density at radius 2 is 1.75 bits per heavy atom. The highest BCUT2D eigenvalue weighted by atomic mass is 35.5. The number of benzene rings is 2. The van der Waals surface area contributed by atoms with Crippen LogP contribution in [0.25, 0.3) is 11.3 Å². The van der Waals surface area contributed by atoms with E-state index >= 15 is 0 Å². The van der Waals surface area contributed by atoms with Crippen molar-refractivity contribution in [3.63, 3.8) is 0 Å². The molecule has 0 spiro atoms. The van der Waals surface area contributed by atoms with Gasteiger partial charge in [0.1, 0.15) is 13.2 Å². The van der Waals surface area contributed by atoms with E-state index in [0.717, 1.165) is 5.56 Å². The fraction of sp³-hybridized carbons (Fsp3) is 0.190. The Kier molecular flexibility index (Phi) is 6.45. The summed E-state index contributed by atoms with van der Waals surface area (Å²) in [5.41, 5.74) is 1.51. The summed E-state index contributed by atoms with van der Waals surface area (Å²) in [5, 5.41) is 3.02. The van der Waals surface area contributed by atoms with Crippen molar-refractivity contribution < 1.29 is 9.53 Å². The largest absolute Gasteiger partial charge is 0.459 e. The number of halogens is 1. The monoisotopic (exact) mass is 397 g/mol. The van der Waals surface area contributed by atoms with E-state index in [-0.39, 0.29) is 24.1 Å². The second kappa shape index (κ2) is 9.19. The van der Waals surface area contributed by atoms with Gasteiger partial charge in [0, 0.05) is 12.1 Å². The first-order chi connectivity index (χ1) is 13.6. The Morgan fingerprint density at radius 3 is 2.39 bits per heavy atom. The summed E-state index contributed by atoms with van der Waals surface area (Å²) in [6.07, 6.45) is 0. The summed E-state index contributed by atoms with van der Waals surface area (Å²) >= 11 is 6.37. The molecule has 0 radical (unpaired) electrons. The summed E-state index contributed by atoms with van der Waals surface area (Å²) in [4.78, 5) is 29.5. The molecule has 1 aromatic heterocycles. The maximum Gasteiger partial charge on any atom is 0.326 e. The first-order valence-corrected chi connectivity index (χ1v) is 9.27. The molecule has 144 valence electrons. The van der Waals surface area contributed by atoms with Crippen LogP contribution in [0.2, 0.25) is 5.15 Å². The minimum absolute atomic E-state index is 0.100. The summed E-state index contributed by atoms with van der Waals surface area (Å²) in [5.74, 6) is -0.434. The Hall–Kier alpha value is -3.12. The van der Waals surface area contributed by atoms with Crippen LogP contribution in [0.3, 0.4) is 0 Å². The molecule has 0 aliphatic rings. The summed E-state index contributed by atoms with van der Waals surface area (Å²) < 4.78 is 6.64. The quantitative estimate of drug-likeness (QED) is 0.615. The zero-order valence-electron chi connectivity index (χ0n) is 15.4. The van der Waals surface area contributed by atoms with Gasteiger partial charge in [-0.25, -0.2) is 4.98 Å². The molecule has 0 bridgehead atoms. The fourth-order valence-electron chi connectivity index (χ4n) is 2.76. The van der Waals surface area contributed by atoms with E-state index < -0.39 is 11.5 Å². The molecule has 0 saturated carbocycles. The highest BCUT2D eigenvalue weighted by molar-refractivity contribution is 6.32. The number of hydrogen-bond acceptors (Lipinski definition) is 5. The molecule has 1 N–H and O–H groups in total. The van der Waals surface area contributed by atoms with E-state index in [0.29, 0.717) is 17.8 Å². The van der Waals surface area contributed by atoms with Crippen molar-refractivity contribution in [3.05, 3.63) is 81.7 Å². The number of anilines is 1. The number of aromatic nitrogens is 2. The highest BCUT2D eigenvalue weighted by Crippen LogP contribution is 2.26. The third-order valence-electron chi connectivity index (χ3n) is 4.04. The number of nitrogens with zero attached hydrogens (tertiary/aromatic N) is 2. The minimum atomic E-state index is -0.534. The molecular weight excluding hydrogens is 378 g/mol. The molecule has 1 heterocycles. The minimum Gasteiger partial charge on any atom is -0.459 e. The number of rotatable bonds is 7. The normalized spacial score (nSPS) is 10.5. The zero-order valence-corrected chi connectivity index (χ0v) is 16.1. The maximum atomic E-state index is 12.9. The number of nitrogens with one attached hydrogen (secondary N) is 1. The predicted molar refractivity (Wildman–Crippen MR) is 109 cm³/mol. The topological polar surface area (TPSA) is 73.2 Å². The van der Waals surface area contributed by atoms with Gasteiger partial charge >= 0.3 is 5.97 Å². The van der Waals surface area contributed by atoms with Crippen LogP contribution in [0.15, 0.2) is 65.5 Å². The van der Waals surface area contributed by atoms with Crippen molar-refractivity contribution >= 4 is 23.4 Å². The standard InChI is InChI=1S/C21H20ClN3O3/c1-2-23-20-21(27)25(13-17(26)28-14-15-9-5-3-6-10-15)18(19(22)24-20)16-11-7-4-8-12-16/h3-12H,2,13-14H2,1H3,(H,23,24). The average molecular weight is 398 g/mol. The van der Waals surface area contributed by atoms with E-state index in [4.69, 9.17) is 16.3 Å². The van der Waals surface area contributed by atoms with Crippen molar-refractivity contribution in [1.29, 1.82) is 0 Å². The third-order valence-corrected chi connectivity index (χ3v) is 4.31. The fourth-order valence-corrected chi connectivity index (χ4v) is 3.05. The van der Waals surface area contributed by atoms with Crippen LogP contribution >= 0.6 is 11.6 Å². The Morgan fingerprint density at radius 1 is 1.11 bits per heavy atom. The predicted octanol–water partition coefficient (Wildman–Crippen LogP) is 3.74. The molecule has 3 aromatic rings. The molecule has 2 aromatic carbocycles. The average Bonchev–Trinajstić information content (AvgIpc) is 2.72. The van der Waals surface area contributed by atoms with E-state index in [1.165, 1.54) is 4.57 Å². The molecule has 3 rings (SSSR count). The first kappa shape index (κ1) is 19.6. The lowest BCUT2D eigenvalue weighted by Gasteiger charge is -2.16. The zero-order chi connectivity index (χ0) is 19.9. The van der Waals surface area contributed by atoms with Gasteiger partial charge in [-0.1, -0.05) is 72.3 Å². The van der Waals surface area contributed by atoms with Gasteiger partial charge in [-0.05, 0) is 12.5 Å². The third kappa shape index (κ3) is 4.58. The lowest BCUT2D eigenvalue weighted by Crippen LogP contribution is -2.30. The van der Waals surface area contributed by atoms with Crippen LogP contribution in [0.5, 0.6) is 0 Å². The Bertz CT molecular complexity index is 1000. The molecule has 0 aliphatic heterocycles. The summed E-state index contributed by atoms with van der Waals surface area (Å²) in [6.45, 7) is 2.21. The highest BCUT2D eigenvalue weighted by Gasteiger charge is 2.19. The van der Waals surface area contributed by atoms with Gasteiger partial charge < -0.3 is 10.1 Å². The molecule has 0 saturated heterocycles. The molecule has 0 aliphatic carbocycles. The lowest BCUT2D eigenvalue weighted by molar-refractivity contribution is -0.145. The molecular formula is C21H20ClN3O3. The first-order valence-electron chi connectivity index (χ1n) is 8.89. The summed E-state index contributed by atoms with van der Waals surface area (Å²) in [6, 6.07) is 18.5. The van der Waals surface area contributed by atoms with Crippen LogP contribution < -0.4 is 10.9 Å². The van der Waals surface area contributed by atoms with E-state index in [9.17, 15) is 9.59 Å². The number of ether oxygens (including phenoxy) is 1. The summed E-state index contributed by atoms with van der Waals surface area (Å²) in [7, 11) is 0. The van der Waals surface area contributed by atoms with Crippen LogP contribution in [0.4, 0.5) is 5.82 Å². The second-order valence-corrected chi connectivity index (χ2v) is 6.39. The van der Waals surface area contributed by atoms with Crippen LogP contribution in [0.1, 0.15) is 12.5 Å². The van der Waals surface area contributed by atoms with Gasteiger partial charge in [0.2, 0.25) is 0 Å². The molecule has 7 heteroatoms.